The first-order valence-electron chi connectivity index (χ1n) is 4.52. The summed E-state index contributed by atoms with van der Waals surface area (Å²) in [5, 5.41) is 2.60. The zero-order valence-electron chi connectivity index (χ0n) is 9.72. The largest absolute Gasteiger partial charge is 0.349 e. The van der Waals surface area contributed by atoms with Crippen LogP contribution in [0.2, 0.25) is 0 Å². The number of hydrogen-bond acceptors (Lipinski definition) is 3. The molecule has 1 N–H and O–H groups in total. The van der Waals surface area contributed by atoms with Crippen molar-refractivity contribution in [1.82, 2.24) is 5.32 Å². The molecule has 90 valence electrons. The van der Waals surface area contributed by atoms with Crippen LogP contribution in [0.1, 0.15) is 27.7 Å². The molecule has 0 spiro atoms. The van der Waals surface area contributed by atoms with Crippen LogP contribution in [0.15, 0.2) is 0 Å². The molecule has 6 heteroatoms. The van der Waals surface area contributed by atoms with Gasteiger partial charge < -0.3 is 5.32 Å². The van der Waals surface area contributed by atoms with Crippen LogP contribution >= 0.6 is 11.6 Å². The Balaban J connectivity index is 4.90. The molecule has 1 amide bonds. The standard InChI is InChI=1S/C9H18ClNO3S/c1-8(2,6-10)11-7(12)9(3,4)15(5,13)14/h6H2,1-5H3,(H,11,12). The molecule has 0 saturated carbocycles. The number of alkyl halides is 1. The Bertz CT molecular complexity index is 346. The summed E-state index contributed by atoms with van der Waals surface area (Å²) in [5.74, 6) is -0.311. The molecule has 0 unspecified atom stereocenters. The van der Waals surface area contributed by atoms with Crippen LogP contribution < -0.4 is 5.32 Å². The molecule has 0 aliphatic carbocycles. The van der Waals surface area contributed by atoms with Gasteiger partial charge in [-0.15, -0.1) is 11.6 Å². The Morgan fingerprint density at radius 3 is 1.93 bits per heavy atom. The molecule has 0 fully saturated rings. The average molecular weight is 256 g/mol. The Labute approximate surface area is 96.3 Å². The van der Waals surface area contributed by atoms with Gasteiger partial charge in [0.15, 0.2) is 9.84 Å². The first kappa shape index (κ1) is 14.7. The molecule has 15 heavy (non-hydrogen) atoms. The average Bonchev–Trinajstić information content (AvgIpc) is 2.01. The normalized spacial score (nSPS) is 13.7. The van der Waals surface area contributed by atoms with E-state index < -0.39 is 26.0 Å². The molecule has 0 heterocycles. The highest BCUT2D eigenvalue weighted by Gasteiger charge is 2.40. The van der Waals surface area contributed by atoms with Crippen molar-refractivity contribution in [2.45, 2.75) is 38.0 Å². The predicted molar refractivity (Wildman–Crippen MR) is 61.9 cm³/mol. The smallest absolute Gasteiger partial charge is 0.241 e. The van der Waals surface area contributed by atoms with E-state index >= 15 is 0 Å². The van der Waals surface area contributed by atoms with Gasteiger partial charge in [-0.1, -0.05) is 0 Å². The van der Waals surface area contributed by atoms with Gasteiger partial charge in [0.05, 0.1) is 0 Å². The van der Waals surface area contributed by atoms with E-state index in [1.54, 1.807) is 13.8 Å². The van der Waals surface area contributed by atoms with Crippen molar-refractivity contribution in [2.24, 2.45) is 0 Å². The lowest BCUT2D eigenvalue weighted by molar-refractivity contribution is -0.124. The number of sulfone groups is 1. The van der Waals surface area contributed by atoms with Gasteiger partial charge in [-0.2, -0.15) is 0 Å². The van der Waals surface area contributed by atoms with Gasteiger partial charge in [-0.25, -0.2) is 8.42 Å². The molecule has 0 aliphatic rings. The van der Waals surface area contributed by atoms with Gasteiger partial charge >= 0.3 is 0 Å². The van der Waals surface area contributed by atoms with Gasteiger partial charge in [0.1, 0.15) is 4.75 Å². The Morgan fingerprint density at radius 1 is 1.27 bits per heavy atom. The van der Waals surface area contributed by atoms with Crippen molar-refractivity contribution < 1.29 is 13.2 Å². The lowest BCUT2D eigenvalue weighted by Crippen LogP contribution is -2.55. The van der Waals surface area contributed by atoms with Crippen LogP contribution in [-0.4, -0.2) is 36.7 Å². The molecular weight excluding hydrogens is 238 g/mol. The second kappa shape index (κ2) is 4.29. The highest BCUT2D eigenvalue weighted by Crippen LogP contribution is 2.17. The fraction of sp³-hybridized carbons (Fsp3) is 0.889. The maximum Gasteiger partial charge on any atom is 0.241 e. The third-order valence-electron chi connectivity index (χ3n) is 2.26. The second-order valence-electron chi connectivity index (χ2n) is 4.75. The summed E-state index contributed by atoms with van der Waals surface area (Å²) >= 11 is 5.64. The summed E-state index contributed by atoms with van der Waals surface area (Å²) in [6.45, 7) is 6.22. The van der Waals surface area contributed by atoms with Crippen molar-refractivity contribution in [3.63, 3.8) is 0 Å². The van der Waals surface area contributed by atoms with Crippen LogP contribution in [-0.2, 0) is 14.6 Å². The number of nitrogens with one attached hydrogen (secondary N) is 1. The maximum absolute atomic E-state index is 11.7. The second-order valence-corrected chi connectivity index (χ2v) is 7.59. The third kappa shape index (κ3) is 3.65. The Hall–Kier alpha value is -0.290. The van der Waals surface area contributed by atoms with Gasteiger partial charge in [-0.3, -0.25) is 4.79 Å². The van der Waals surface area contributed by atoms with Crippen molar-refractivity contribution in [3.05, 3.63) is 0 Å². The molecule has 0 bridgehead atoms. The zero-order chi connectivity index (χ0) is 12.5. The number of halogens is 1. The van der Waals surface area contributed by atoms with Gasteiger partial charge in [0.2, 0.25) is 5.91 Å². The summed E-state index contributed by atoms with van der Waals surface area (Å²) in [4.78, 5) is 11.7. The van der Waals surface area contributed by atoms with Crippen LogP contribution in [0.5, 0.6) is 0 Å². The summed E-state index contributed by atoms with van der Waals surface area (Å²) in [7, 11) is -3.44. The number of carbonyl (C=O) groups is 1. The highest BCUT2D eigenvalue weighted by atomic mass is 35.5. The van der Waals surface area contributed by atoms with E-state index in [0.717, 1.165) is 6.26 Å². The number of carbonyl (C=O) groups excluding carboxylic acids is 1. The van der Waals surface area contributed by atoms with Crippen molar-refractivity contribution in [2.75, 3.05) is 12.1 Å². The third-order valence-corrected chi connectivity index (χ3v) is 4.97. The van der Waals surface area contributed by atoms with E-state index in [1.807, 2.05) is 0 Å². The summed E-state index contributed by atoms with van der Waals surface area (Å²) in [6, 6.07) is 0. The zero-order valence-corrected chi connectivity index (χ0v) is 11.3. The minimum absolute atomic E-state index is 0.221. The molecule has 0 rings (SSSR count). The molecule has 0 radical (unpaired) electrons. The molecule has 4 nitrogen and oxygen atoms in total. The molecule has 0 aliphatic heterocycles. The quantitative estimate of drug-likeness (QED) is 0.761. The molecule has 0 aromatic rings. The van der Waals surface area contributed by atoms with Crippen LogP contribution in [0.25, 0.3) is 0 Å². The van der Waals surface area contributed by atoms with Crippen molar-refractivity contribution in [1.29, 1.82) is 0 Å². The predicted octanol–water partition coefficient (Wildman–Crippen LogP) is 0.943. The Morgan fingerprint density at radius 2 is 1.67 bits per heavy atom. The van der Waals surface area contributed by atoms with Crippen LogP contribution in [0.3, 0.4) is 0 Å². The number of rotatable bonds is 4. The van der Waals surface area contributed by atoms with E-state index in [-0.39, 0.29) is 5.88 Å². The lowest BCUT2D eigenvalue weighted by atomic mass is 10.1. The SMILES string of the molecule is CC(C)(CCl)NC(=O)C(C)(C)S(C)(=O)=O. The first-order valence-corrected chi connectivity index (χ1v) is 6.95. The summed E-state index contributed by atoms with van der Waals surface area (Å²) in [6.07, 6.45) is 1.04. The fourth-order valence-electron chi connectivity index (χ4n) is 0.660. The number of hydrogen-bond donors (Lipinski definition) is 1. The van der Waals surface area contributed by atoms with E-state index in [2.05, 4.69) is 5.32 Å². The minimum Gasteiger partial charge on any atom is -0.349 e. The van der Waals surface area contributed by atoms with Gasteiger partial charge in [0.25, 0.3) is 0 Å². The van der Waals surface area contributed by atoms with E-state index in [0.29, 0.717) is 0 Å². The van der Waals surface area contributed by atoms with Crippen molar-refractivity contribution in [3.8, 4) is 0 Å². The lowest BCUT2D eigenvalue weighted by Gasteiger charge is -2.29. The summed E-state index contributed by atoms with van der Waals surface area (Å²) < 4.78 is 21.3. The molecule has 0 aromatic carbocycles. The van der Waals surface area contributed by atoms with Gasteiger partial charge in [-0.05, 0) is 27.7 Å². The Kier molecular flexibility index (Phi) is 4.21. The molecule has 0 aromatic heterocycles. The van der Waals surface area contributed by atoms with E-state index in [1.165, 1.54) is 13.8 Å². The highest BCUT2D eigenvalue weighted by molar-refractivity contribution is 7.92. The van der Waals surface area contributed by atoms with E-state index in [4.69, 9.17) is 11.6 Å². The fourth-order valence-corrected chi connectivity index (χ4v) is 1.11. The number of amides is 1. The minimum atomic E-state index is -3.44. The molecule has 0 saturated heterocycles. The molecule has 0 atom stereocenters. The van der Waals surface area contributed by atoms with Gasteiger partial charge in [0, 0.05) is 17.7 Å². The van der Waals surface area contributed by atoms with E-state index in [9.17, 15) is 13.2 Å². The maximum atomic E-state index is 11.7. The topological polar surface area (TPSA) is 63.2 Å². The molecular formula is C9H18ClNO3S. The summed E-state index contributed by atoms with van der Waals surface area (Å²) in [5.41, 5.74) is -0.611. The van der Waals surface area contributed by atoms with Crippen molar-refractivity contribution >= 4 is 27.3 Å². The van der Waals surface area contributed by atoms with Crippen LogP contribution in [0.4, 0.5) is 0 Å². The van der Waals surface area contributed by atoms with Crippen LogP contribution in [0, 0.1) is 0 Å². The monoisotopic (exact) mass is 255 g/mol. The first-order chi connectivity index (χ1) is 6.44.